The van der Waals surface area contributed by atoms with E-state index in [4.69, 9.17) is 0 Å². The topological polar surface area (TPSA) is 108 Å². The zero-order valence-electron chi connectivity index (χ0n) is 10.9. The molecule has 0 unspecified atom stereocenters. The van der Waals surface area contributed by atoms with E-state index in [1.54, 1.807) is 6.92 Å². The number of nitrogens with one attached hydrogen (secondary N) is 1. The Morgan fingerprint density at radius 1 is 1.26 bits per heavy atom. The van der Waals surface area contributed by atoms with Crippen LogP contribution in [0.2, 0.25) is 0 Å². The first-order valence-corrected chi connectivity index (χ1v) is 7.05. The zero-order chi connectivity index (χ0) is 14.6. The van der Waals surface area contributed by atoms with Gasteiger partial charge in [0.2, 0.25) is 0 Å². The van der Waals surface area contributed by atoms with E-state index in [-0.39, 0.29) is 13.0 Å². The van der Waals surface area contributed by atoms with Crippen molar-refractivity contribution in [1.82, 2.24) is 4.72 Å². The summed E-state index contributed by atoms with van der Waals surface area (Å²) < 4.78 is 38.7. The first-order chi connectivity index (χ1) is 8.82. The van der Waals surface area contributed by atoms with E-state index in [0.717, 1.165) is 14.2 Å². The molecule has 1 aliphatic heterocycles. The summed E-state index contributed by atoms with van der Waals surface area (Å²) in [5.74, 6) is -3.30. The van der Waals surface area contributed by atoms with Crippen LogP contribution in [0, 0.1) is 11.8 Å². The molecule has 0 radical (unpaired) electrons. The van der Waals surface area contributed by atoms with Gasteiger partial charge in [0.25, 0.3) is 0 Å². The van der Waals surface area contributed by atoms with Crippen LogP contribution < -0.4 is 4.72 Å². The van der Waals surface area contributed by atoms with Crippen molar-refractivity contribution < 1.29 is 31.7 Å². The van der Waals surface area contributed by atoms with Crippen LogP contribution in [0.25, 0.3) is 0 Å². The van der Waals surface area contributed by atoms with Crippen molar-refractivity contribution in [3.63, 3.8) is 0 Å². The molecular formula is C10H17NO7S. The van der Waals surface area contributed by atoms with Crippen LogP contribution in [0.4, 0.5) is 0 Å². The maximum Gasteiger partial charge on any atom is 0.336 e. The summed E-state index contributed by atoms with van der Waals surface area (Å²) in [5, 5.41) is 0. The Labute approximate surface area is 111 Å². The second-order valence-electron chi connectivity index (χ2n) is 4.16. The van der Waals surface area contributed by atoms with Crippen molar-refractivity contribution in [2.24, 2.45) is 11.8 Å². The van der Waals surface area contributed by atoms with Crippen LogP contribution in [0.3, 0.4) is 0 Å². The molecule has 1 rings (SSSR count). The Kier molecular flexibility index (Phi) is 5.27. The summed E-state index contributed by atoms with van der Waals surface area (Å²) in [5.41, 5.74) is 0. The lowest BCUT2D eigenvalue weighted by molar-refractivity contribution is -0.162. The highest BCUT2D eigenvalue weighted by molar-refractivity contribution is 7.84. The highest BCUT2D eigenvalue weighted by Crippen LogP contribution is 2.26. The van der Waals surface area contributed by atoms with Crippen molar-refractivity contribution in [2.45, 2.75) is 19.4 Å². The number of ether oxygens (including phenoxy) is 2. The molecule has 1 saturated heterocycles. The minimum absolute atomic E-state index is 0.116. The van der Waals surface area contributed by atoms with E-state index in [1.165, 1.54) is 0 Å². The Bertz CT molecular complexity index is 431. The summed E-state index contributed by atoms with van der Waals surface area (Å²) in [6, 6.07) is -0.657. The van der Waals surface area contributed by atoms with Gasteiger partial charge in [0.05, 0.1) is 20.8 Å². The minimum Gasteiger partial charge on any atom is -0.468 e. The third-order valence-corrected chi connectivity index (χ3v) is 4.14. The molecule has 1 aliphatic rings. The third kappa shape index (κ3) is 3.88. The predicted molar refractivity (Wildman–Crippen MR) is 63.1 cm³/mol. The fraction of sp³-hybridized carbons (Fsp3) is 0.800. The molecule has 1 heterocycles. The Hall–Kier alpha value is -1.19. The molecule has 0 saturated carbocycles. The van der Waals surface area contributed by atoms with E-state index in [0.29, 0.717) is 0 Å². The van der Waals surface area contributed by atoms with Gasteiger partial charge in [-0.25, -0.2) is 0 Å². The van der Waals surface area contributed by atoms with Crippen LogP contribution in [0.1, 0.15) is 13.3 Å². The van der Waals surface area contributed by atoms with Gasteiger partial charge in [-0.3, -0.25) is 13.8 Å². The Balaban J connectivity index is 3.01. The van der Waals surface area contributed by atoms with Crippen molar-refractivity contribution in [3.8, 4) is 0 Å². The van der Waals surface area contributed by atoms with Gasteiger partial charge in [-0.1, -0.05) is 0 Å². The van der Waals surface area contributed by atoms with Crippen molar-refractivity contribution >= 4 is 22.2 Å². The van der Waals surface area contributed by atoms with Crippen molar-refractivity contribution in [2.75, 3.05) is 20.8 Å². The fourth-order valence-corrected chi connectivity index (χ4v) is 3.06. The van der Waals surface area contributed by atoms with Gasteiger partial charge in [-0.15, -0.1) is 0 Å². The van der Waals surface area contributed by atoms with Crippen LogP contribution in [-0.2, 0) is 33.6 Å². The molecule has 0 bridgehead atoms. The molecule has 19 heavy (non-hydrogen) atoms. The van der Waals surface area contributed by atoms with E-state index in [9.17, 15) is 18.0 Å². The zero-order valence-corrected chi connectivity index (χ0v) is 11.7. The molecule has 0 amide bonds. The van der Waals surface area contributed by atoms with Crippen LogP contribution in [-0.4, -0.2) is 47.2 Å². The van der Waals surface area contributed by atoms with E-state index in [2.05, 4.69) is 18.4 Å². The monoisotopic (exact) mass is 295 g/mol. The molecule has 1 fully saturated rings. The quantitative estimate of drug-likeness (QED) is 0.537. The second kappa shape index (κ2) is 6.31. The van der Waals surface area contributed by atoms with Crippen molar-refractivity contribution in [3.05, 3.63) is 0 Å². The average molecular weight is 295 g/mol. The molecule has 0 aromatic heterocycles. The number of rotatable bonds is 3. The first-order valence-electron chi connectivity index (χ1n) is 5.64. The standard InChI is InChI=1S/C10H17NO7S/c1-6-7(4-5-18-19(14,15)11-6)8(9(12)16-2)10(13)17-3/h6-8,11H,4-5H2,1-3H3/t6-,7+/m0/s1. The summed E-state index contributed by atoms with van der Waals surface area (Å²) in [6.45, 7) is 1.44. The number of esters is 2. The molecule has 0 aliphatic carbocycles. The molecule has 0 aromatic carbocycles. The number of carbonyl (C=O) groups is 2. The van der Waals surface area contributed by atoms with Crippen molar-refractivity contribution in [1.29, 1.82) is 0 Å². The van der Waals surface area contributed by atoms with Gasteiger partial charge < -0.3 is 9.47 Å². The number of carbonyl (C=O) groups excluding carboxylic acids is 2. The largest absolute Gasteiger partial charge is 0.468 e. The summed E-state index contributed by atoms with van der Waals surface area (Å²) in [4.78, 5) is 23.4. The van der Waals surface area contributed by atoms with Crippen LogP contribution in [0.15, 0.2) is 0 Å². The lowest BCUT2D eigenvalue weighted by Crippen LogP contribution is -2.44. The van der Waals surface area contributed by atoms with Gasteiger partial charge in [-0.2, -0.15) is 13.1 Å². The maximum atomic E-state index is 11.7. The Morgan fingerprint density at radius 3 is 2.26 bits per heavy atom. The molecule has 8 nitrogen and oxygen atoms in total. The third-order valence-electron chi connectivity index (χ3n) is 3.00. The summed E-state index contributed by atoms with van der Waals surface area (Å²) >= 11 is 0. The molecule has 9 heteroatoms. The number of methoxy groups -OCH3 is 2. The molecule has 110 valence electrons. The number of hydrogen-bond donors (Lipinski definition) is 1. The average Bonchev–Trinajstić information content (AvgIpc) is 2.47. The normalized spacial score (nSPS) is 26.5. The fourth-order valence-electron chi connectivity index (χ4n) is 2.05. The molecular weight excluding hydrogens is 278 g/mol. The van der Waals surface area contributed by atoms with E-state index < -0.39 is 40.1 Å². The lowest BCUT2D eigenvalue weighted by atomic mass is 9.84. The van der Waals surface area contributed by atoms with E-state index >= 15 is 0 Å². The summed E-state index contributed by atoms with van der Waals surface area (Å²) in [6.07, 6.45) is 0.211. The highest BCUT2D eigenvalue weighted by Gasteiger charge is 2.42. The predicted octanol–water partition coefficient (Wildman–Crippen LogP) is -0.792. The Morgan fingerprint density at radius 2 is 1.79 bits per heavy atom. The number of hydrogen-bond acceptors (Lipinski definition) is 7. The second-order valence-corrected chi connectivity index (χ2v) is 5.54. The maximum absolute atomic E-state index is 11.7. The van der Waals surface area contributed by atoms with Gasteiger partial charge in [0.1, 0.15) is 0 Å². The van der Waals surface area contributed by atoms with Gasteiger partial charge in [-0.05, 0) is 13.3 Å². The highest BCUT2D eigenvalue weighted by atomic mass is 32.2. The lowest BCUT2D eigenvalue weighted by Gasteiger charge is -2.25. The van der Waals surface area contributed by atoms with E-state index in [1.807, 2.05) is 0 Å². The molecule has 0 spiro atoms. The molecule has 1 N–H and O–H groups in total. The van der Waals surface area contributed by atoms with Gasteiger partial charge in [0.15, 0.2) is 5.92 Å². The summed E-state index contributed by atoms with van der Waals surface area (Å²) in [7, 11) is -1.55. The smallest absolute Gasteiger partial charge is 0.336 e. The van der Waals surface area contributed by atoms with Gasteiger partial charge in [0, 0.05) is 12.0 Å². The minimum atomic E-state index is -3.85. The first kappa shape index (κ1) is 15.9. The van der Waals surface area contributed by atoms with Crippen LogP contribution in [0.5, 0.6) is 0 Å². The molecule has 2 atom stereocenters. The van der Waals surface area contributed by atoms with Gasteiger partial charge >= 0.3 is 22.2 Å². The SMILES string of the molecule is COC(=O)C(C(=O)OC)[C@@H]1CCOS(=O)(=O)N[C@H]1C. The molecule has 0 aromatic rings. The van der Waals surface area contributed by atoms with Crippen LogP contribution >= 0.6 is 0 Å².